The second-order valence-corrected chi connectivity index (χ2v) is 6.64. The quantitative estimate of drug-likeness (QED) is 0.855. The fraction of sp³-hybridized carbons (Fsp3) is 0.765. The van der Waals surface area contributed by atoms with Crippen molar-refractivity contribution in [2.24, 2.45) is 5.92 Å². The Morgan fingerprint density at radius 2 is 1.95 bits per heavy atom. The second-order valence-electron chi connectivity index (χ2n) is 6.64. The van der Waals surface area contributed by atoms with Crippen molar-refractivity contribution in [3.05, 3.63) is 23.2 Å². The first kappa shape index (κ1) is 14.2. The van der Waals surface area contributed by atoms with E-state index in [1.54, 1.807) is 0 Å². The van der Waals surface area contributed by atoms with Gasteiger partial charge in [-0.1, -0.05) is 6.92 Å². The Bertz CT molecular complexity index is 428. The summed E-state index contributed by atoms with van der Waals surface area (Å²) in [6, 6.07) is 2.89. The van der Waals surface area contributed by atoms with Gasteiger partial charge < -0.3 is 14.5 Å². The molecule has 1 aromatic rings. The molecule has 2 aliphatic rings. The van der Waals surface area contributed by atoms with E-state index in [-0.39, 0.29) is 0 Å². The lowest BCUT2D eigenvalue weighted by Crippen LogP contribution is -2.20. The molecule has 0 spiro atoms. The van der Waals surface area contributed by atoms with Gasteiger partial charge in [0.2, 0.25) is 0 Å². The van der Waals surface area contributed by atoms with Crippen molar-refractivity contribution < 1.29 is 9.15 Å². The molecule has 0 radical (unpaired) electrons. The van der Waals surface area contributed by atoms with Gasteiger partial charge >= 0.3 is 0 Å². The zero-order valence-corrected chi connectivity index (χ0v) is 12.8. The van der Waals surface area contributed by atoms with Crippen LogP contribution in [0, 0.1) is 12.8 Å². The maximum Gasteiger partial charge on any atom is 0.118 e. The molecule has 0 unspecified atom stereocenters. The maximum absolute atomic E-state index is 6.07. The first-order valence-electron chi connectivity index (χ1n) is 8.14. The van der Waals surface area contributed by atoms with E-state index < -0.39 is 0 Å². The van der Waals surface area contributed by atoms with Crippen molar-refractivity contribution in [3.63, 3.8) is 0 Å². The van der Waals surface area contributed by atoms with Gasteiger partial charge in [-0.3, -0.25) is 0 Å². The Labute approximate surface area is 122 Å². The molecule has 3 nitrogen and oxygen atoms in total. The number of rotatable bonds is 6. The highest BCUT2D eigenvalue weighted by atomic mass is 16.5. The minimum atomic E-state index is 0.452. The summed E-state index contributed by atoms with van der Waals surface area (Å²) < 4.78 is 11.9. The Morgan fingerprint density at radius 3 is 2.65 bits per heavy atom. The van der Waals surface area contributed by atoms with Crippen LogP contribution in [0.5, 0.6) is 0 Å². The van der Waals surface area contributed by atoms with Crippen LogP contribution in [0.25, 0.3) is 0 Å². The van der Waals surface area contributed by atoms with Gasteiger partial charge in [0.15, 0.2) is 0 Å². The molecule has 1 heterocycles. The van der Waals surface area contributed by atoms with E-state index >= 15 is 0 Å². The van der Waals surface area contributed by atoms with Crippen LogP contribution in [-0.4, -0.2) is 12.1 Å². The highest BCUT2D eigenvalue weighted by molar-refractivity contribution is 5.20. The van der Waals surface area contributed by atoms with Gasteiger partial charge in [0, 0.05) is 11.6 Å². The van der Waals surface area contributed by atoms with Gasteiger partial charge in [-0.15, -0.1) is 0 Å². The van der Waals surface area contributed by atoms with Crippen molar-refractivity contribution in [2.45, 2.75) is 77.7 Å². The lowest BCUT2D eigenvalue weighted by molar-refractivity contribution is 0.00831. The molecule has 2 aliphatic carbocycles. The summed E-state index contributed by atoms with van der Waals surface area (Å²) in [4.78, 5) is 0. The fourth-order valence-corrected chi connectivity index (χ4v) is 2.95. The van der Waals surface area contributed by atoms with E-state index in [1.165, 1.54) is 44.1 Å². The number of ether oxygens (including phenoxy) is 1. The summed E-state index contributed by atoms with van der Waals surface area (Å²) in [5, 5.41) is 3.49. The average molecular weight is 277 g/mol. The molecule has 3 heteroatoms. The minimum absolute atomic E-state index is 0.452. The van der Waals surface area contributed by atoms with E-state index in [9.17, 15) is 0 Å². The number of hydrogen-bond acceptors (Lipinski definition) is 3. The topological polar surface area (TPSA) is 34.4 Å². The fourth-order valence-electron chi connectivity index (χ4n) is 2.95. The van der Waals surface area contributed by atoms with Gasteiger partial charge in [0.1, 0.15) is 11.5 Å². The van der Waals surface area contributed by atoms with Gasteiger partial charge in [0.05, 0.1) is 19.3 Å². The van der Waals surface area contributed by atoms with E-state index in [0.29, 0.717) is 12.7 Å². The molecule has 0 aromatic carbocycles. The van der Waals surface area contributed by atoms with Crippen molar-refractivity contribution in [2.75, 3.05) is 0 Å². The van der Waals surface area contributed by atoms with Crippen LogP contribution in [0.1, 0.15) is 62.5 Å². The van der Waals surface area contributed by atoms with Gasteiger partial charge in [-0.05, 0) is 57.4 Å². The highest BCUT2D eigenvalue weighted by Gasteiger charge is 2.21. The Kier molecular flexibility index (Phi) is 4.47. The summed E-state index contributed by atoms with van der Waals surface area (Å²) >= 11 is 0. The molecule has 0 atom stereocenters. The third kappa shape index (κ3) is 3.86. The van der Waals surface area contributed by atoms with E-state index in [4.69, 9.17) is 9.15 Å². The lowest BCUT2D eigenvalue weighted by atomic mass is 9.89. The maximum atomic E-state index is 6.07. The molecule has 0 aliphatic heterocycles. The molecule has 0 amide bonds. The molecule has 1 aromatic heterocycles. The van der Waals surface area contributed by atoms with Crippen molar-refractivity contribution in [3.8, 4) is 0 Å². The Balaban J connectivity index is 1.46. The van der Waals surface area contributed by atoms with Crippen LogP contribution in [0.15, 0.2) is 10.5 Å². The number of hydrogen-bond donors (Lipinski definition) is 1. The first-order chi connectivity index (χ1) is 9.70. The zero-order valence-electron chi connectivity index (χ0n) is 12.8. The summed E-state index contributed by atoms with van der Waals surface area (Å²) in [7, 11) is 0. The summed E-state index contributed by atoms with van der Waals surface area (Å²) in [5.41, 5.74) is 1.22. The molecule has 3 rings (SSSR count). The van der Waals surface area contributed by atoms with Crippen LogP contribution >= 0.6 is 0 Å². The minimum Gasteiger partial charge on any atom is -0.465 e. The number of furan rings is 1. The summed E-state index contributed by atoms with van der Waals surface area (Å²) in [6.45, 7) is 5.95. The Hall–Kier alpha value is -0.800. The highest BCUT2D eigenvalue weighted by Crippen LogP contribution is 2.27. The molecule has 112 valence electrons. The SMILES string of the molecule is Cc1oc(CNC2CC2)cc1COC1CCC(C)CC1. The molecule has 20 heavy (non-hydrogen) atoms. The van der Waals surface area contributed by atoms with Gasteiger partial charge in [-0.2, -0.15) is 0 Å². The lowest BCUT2D eigenvalue weighted by Gasteiger charge is -2.26. The van der Waals surface area contributed by atoms with Crippen molar-refractivity contribution >= 4 is 0 Å². The Morgan fingerprint density at radius 1 is 1.20 bits per heavy atom. The van der Waals surface area contributed by atoms with E-state index in [1.807, 2.05) is 6.92 Å². The van der Waals surface area contributed by atoms with Gasteiger partial charge in [0.25, 0.3) is 0 Å². The smallest absolute Gasteiger partial charge is 0.118 e. The standard InChI is InChI=1S/C17H27NO2/c1-12-3-7-16(8-4-12)19-11-14-9-17(20-13(14)2)10-18-15-5-6-15/h9,12,15-16,18H,3-8,10-11H2,1-2H3. The molecular formula is C17H27NO2. The summed E-state index contributed by atoms with van der Waals surface area (Å²) in [5.74, 6) is 2.94. The molecule has 2 saturated carbocycles. The van der Waals surface area contributed by atoms with Crippen molar-refractivity contribution in [1.82, 2.24) is 5.32 Å². The second kappa shape index (κ2) is 6.31. The predicted octanol–water partition coefficient (Wildman–Crippen LogP) is 3.94. The van der Waals surface area contributed by atoms with Crippen molar-refractivity contribution in [1.29, 1.82) is 0 Å². The average Bonchev–Trinajstić information content (AvgIpc) is 3.20. The largest absolute Gasteiger partial charge is 0.465 e. The monoisotopic (exact) mass is 277 g/mol. The molecule has 0 bridgehead atoms. The third-order valence-electron chi connectivity index (χ3n) is 4.65. The molecule has 2 fully saturated rings. The number of nitrogens with one attached hydrogen (secondary N) is 1. The first-order valence-corrected chi connectivity index (χ1v) is 8.14. The third-order valence-corrected chi connectivity index (χ3v) is 4.65. The molecule has 0 saturated heterocycles. The summed E-state index contributed by atoms with van der Waals surface area (Å²) in [6.07, 6.45) is 8.14. The van der Waals surface area contributed by atoms with Crippen LogP contribution in [0.4, 0.5) is 0 Å². The van der Waals surface area contributed by atoms with Crippen LogP contribution in [0.3, 0.4) is 0 Å². The van der Waals surface area contributed by atoms with Crippen LogP contribution in [0.2, 0.25) is 0 Å². The predicted molar refractivity (Wildman–Crippen MR) is 79.5 cm³/mol. The van der Waals surface area contributed by atoms with Crippen LogP contribution < -0.4 is 5.32 Å². The molecule has 1 N–H and O–H groups in total. The number of aryl methyl sites for hydroxylation is 1. The van der Waals surface area contributed by atoms with E-state index in [2.05, 4.69) is 18.3 Å². The van der Waals surface area contributed by atoms with Gasteiger partial charge in [-0.25, -0.2) is 0 Å². The molecular weight excluding hydrogens is 250 g/mol. The normalized spacial score (nSPS) is 26.9. The van der Waals surface area contributed by atoms with E-state index in [0.717, 1.165) is 30.0 Å². The zero-order chi connectivity index (χ0) is 13.9. The van der Waals surface area contributed by atoms with Crippen LogP contribution in [-0.2, 0) is 17.9 Å².